The molecule has 33 heteroatoms. The van der Waals surface area contributed by atoms with Crippen LogP contribution in [0.1, 0.15) is 117 Å². The number of carbonyl (C=O) groups is 6. The van der Waals surface area contributed by atoms with Crippen LogP contribution in [-0.4, -0.2) is 282 Å². The Morgan fingerprint density at radius 1 is 0.389 bits per heavy atom. The Labute approximate surface area is 529 Å². The Kier molecular flexibility index (Phi) is 47.9. The van der Waals surface area contributed by atoms with Gasteiger partial charge in [0.25, 0.3) is 0 Å². The maximum absolute atomic E-state index is 12.1. The van der Waals surface area contributed by atoms with Gasteiger partial charge in [0.1, 0.15) is 42.6 Å². The summed E-state index contributed by atoms with van der Waals surface area (Å²) in [6.45, 7) is 11.4. The van der Waals surface area contributed by atoms with Gasteiger partial charge in [0.05, 0.1) is 98.6 Å². The predicted molar refractivity (Wildman–Crippen MR) is 319 cm³/mol. The summed E-state index contributed by atoms with van der Waals surface area (Å²) in [5.41, 5.74) is 0. The minimum Gasteiger partial charge on any atom is -0.388 e. The van der Waals surface area contributed by atoms with E-state index in [9.17, 15) is 57.6 Å². The zero-order valence-electron chi connectivity index (χ0n) is 52.9. The minimum absolute atomic E-state index is 0.0885. The number of unbranched alkanes of at least 4 members (excludes halogenated alkanes) is 6. The largest absolute Gasteiger partial charge is 0.397 e. The maximum atomic E-state index is 12.1. The van der Waals surface area contributed by atoms with Crippen LogP contribution in [0.4, 0.5) is 0 Å². The second-order valence-electron chi connectivity index (χ2n) is 21.2. The van der Waals surface area contributed by atoms with Crippen molar-refractivity contribution >= 4 is 45.8 Å². The molecule has 0 aromatic heterocycles. The van der Waals surface area contributed by atoms with Crippen molar-refractivity contribution in [1.29, 1.82) is 0 Å². The number of hydrogen-bond donors (Lipinski definition) is 11. The molecule has 11 N–H and O–H groups in total. The van der Waals surface area contributed by atoms with E-state index in [1.807, 2.05) is 6.92 Å². The number of rotatable bonds is 57. The van der Waals surface area contributed by atoms with Gasteiger partial charge in [-0.15, -0.1) is 0 Å². The van der Waals surface area contributed by atoms with Gasteiger partial charge >= 0.3 is 10.4 Å². The van der Waals surface area contributed by atoms with Crippen molar-refractivity contribution in [3.05, 3.63) is 0 Å². The highest BCUT2D eigenvalue weighted by atomic mass is 32.3. The Balaban J connectivity index is 1.25. The molecule has 0 saturated carbocycles. The lowest BCUT2D eigenvalue weighted by Gasteiger charge is -2.42. The van der Waals surface area contributed by atoms with Crippen LogP contribution in [-0.2, 0) is 100 Å². The fourth-order valence-electron chi connectivity index (χ4n) is 8.80. The number of carbonyl (C=O) groups excluding carboxylic acids is 6. The van der Waals surface area contributed by atoms with Crippen LogP contribution >= 0.6 is 0 Å². The Hall–Kier alpha value is -3.95. The summed E-state index contributed by atoms with van der Waals surface area (Å²) in [6.07, 6.45) is -0.892. The van der Waals surface area contributed by atoms with E-state index in [1.54, 1.807) is 0 Å². The van der Waals surface area contributed by atoms with Crippen LogP contribution in [0.2, 0.25) is 0 Å². The van der Waals surface area contributed by atoms with Crippen LogP contribution in [0.15, 0.2) is 0 Å². The summed E-state index contributed by atoms with van der Waals surface area (Å²) in [7, 11) is -4.83. The van der Waals surface area contributed by atoms with E-state index >= 15 is 0 Å². The van der Waals surface area contributed by atoms with Crippen LogP contribution in [0.25, 0.3) is 0 Å². The third-order valence-electron chi connectivity index (χ3n) is 13.6. The zero-order valence-corrected chi connectivity index (χ0v) is 53.7. The van der Waals surface area contributed by atoms with Gasteiger partial charge in [0.15, 0.2) is 12.6 Å². The highest BCUT2D eigenvalue weighted by Crippen LogP contribution is 2.25. The van der Waals surface area contributed by atoms with E-state index in [4.69, 9.17) is 61.4 Å². The lowest BCUT2D eigenvalue weighted by atomic mass is 9.95. The molecule has 2 aliphatic heterocycles. The van der Waals surface area contributed by atoms with Crippen molar-refractivity contribution in [2.24, 2.45) is 0 Å². The number of aliphatic hydroxyl groups is 4. The first kappa shape index (κ1) is 82.1. The molecule has 0 aliphatic carbocycles. The first-order valence-electron chi connectivity index (χ1n) is 31.4. The number of aliphatic hydroxyl groups excluding tert-OH is 4. The topological polar surface area (TPSA) is 430 Å². The van der Waals surface area contributed by atoms with Gasteiger partial charge < -0.3 is 109 Å². The molecule has 6 amide bonds. The van der Waals surface area contributed by atoms with Crippen LogP contribution in [0, 0.1) is 0 Å². The SMILES string of the molecule is CCC1OC(OCCCCCCNC(=O)CCOCCOCCOCCCNC(=O)CCOCCCOCCC(=O)NCCOCCOCCOCCC(=O)NCCCCCCOC2OC(COS(=O)(=O)O)C(O)C(O)C2NC(C)=O)C(NC(C)=O)C(O)C1O. The number of hydrogen-bond acceptors (Lipinski definition) is 25. The van der Waals surface area contributed by atoms with Gasteiger partial charge in [0.2, 0.25) is 35.4 Å². The van der Waals surface area contributed by atoms with E-state index < -0.39 is 84.2 Å². The molecule has 2 fully saturated rings. The first-order valence-corrected chi connectivity index (χ1v) is 32.8. The lowest BCUT2D eigenvalue weighted by Crippen LogP contribution is -2.64. The molecule has 0 aromatic carbocycles. The average molecular weight is 1320 g/mol. The average Bonchev–Trinajstić information content (AvgIpc) is 0.937. The van der Waals surface area contributed by atoms with Crippen molar-refractivity contribution in [1.82, 2.24) is 31.9 Å². The standard InChI is InChI=1S/C57H106N6O26S/c1-4-44-52(70)54(72)50(62-42(2)64)56(88-44)85-26-11-7-5-9-19-58-46(66)17-30-80-34-38-83-37-33-79-23-13-21-60-48(68)15-28-77-24-14-25-78-29-16-49(69)61-22-32-82-36-40-84-39-35-81-31-18-47(67)59-20-10-6-8-12-27-86-57-51(63-43(3)65)55(73)53(71)45(89-57)41-87-90(74,75)76/h44-45,50-57,70-73H,4-41H2,1-3H3,(H,58,66)(H,59,67)(H,60,68)(H,61,69)(H,62,64)(H,63,65)(H,74,75,76). The molecule has 90 heavy (non-hydrogen) atoms. The summed E-state index contributed by atoms with van der Waals surface area (Å²) in [5.74, 6) is -1.38. The van der Waals surface area contributed by atoms with Crippen LogP contribution < -0.4 is 31.9 Å². The zero-order chi connectivity index (χ0) is 66.0. The molecule has 10 unspecified atom stereocenters. The fourth-order valence-corrected chi connectivity index (χ4v) is 9.10. The van der Waals surface area contributed by atoms with Crippen molar-refractivity contribution < 1.29 is 123 Å². The molecular weight excluding hydrogens is 1220 g/mol. The van der Waals surface area contributed by atoms with E-state index in [-0.39, 0.29) is 88.3 Å². The first-order chi connectivity index (χ1) is 43.3. The van der Waals surface area contributed by atoms with Gasteiger partial charge in [-0.2, -0.15) is 8.42 Å². The van der Waals surface area contributed by atoms with Gasteiger partial charge in [-0.1, -0.05) is 32.6 Å². The lowest BCUT2D eigenvalue weighted by molar-refractivity contribution is -0.269. The van der Waals surface area contributed by atoms with Crippen molar-refractivity contribution in [3.63, 3.8) is 0 Å². The highest BCUT2D eigenvalue weighted by Gasteiger charge is 2.47. The molecule has 2 aliphatic rings. The molecule has 0 radical (unpaired) electrons. The Bertz CT molecular complexity index is 2030. The molecule has 32 nitrogen and oxygen atoms in total. The van der Waals surface area contributed by atoms with Crippen molar-refractivity contribution in [3.8, 4) is 0 Å². The van der Waals surface area contributed by atoms with E-state index in [0.717, 1.165) is 38.5 Å². The third-order valence-corrected chi connectivity index (χ3v) is 14.0. The van der Waals surface area contributed by atoms with E-state index in [1.165, 1.54) is 13.8 Å². The number of amides is 6. The Morgan fingerprint density at radius 2 is 0.722 bits per heavy atom. The number of ether oxygens (including phenoxy) is 12. The molecule has 2 rings (SSSR count). The van der Waals surface area contributed by atoms with Gasteiger partial charge in [0, 0.05) is 98.7 Å². The van der Waals surface area contributed by atoms with Crippen LogP contribution in [0.5, 0.6) is 0 Å². The second kappa shape index (κ2) is 52.4. The monoisotopic (exact) mass is 1320 g/mol. The highest BCUT2D eigenvalue weighted by molar-refractivity contribution is 7.80. The molecule has 2 saturated heterocycles. The van der Waals surface area contributed by atoms with E-state index in [0.29, 0.717) is 144 Å². The van der Waals surface area contributed by atoms with Gasteiger partial charge in [-0.25, -0.2) is 4.18 Å². The fraction of sp³-hybridized carbons (Fsp3) is 0.895. The maximum Gasteiger partial charge on any atom is 0.397 e. The summed E-state index contributed by atoms with van der Waals surface area (Å²) in [6, 6.07) is -2.00. The molecule has 0 spiro atoms. The summed E-state index contributed by atoms with van der Waals surface area (Å²) >= 11 is 0. The molecule has 526 valence electrons. The predicted octanol–water partition coefficient (Wildman–Crippen LogP) is -1.79. The van der Waals surface area contributed by atoms with Gasteiger partial charge in [-0.3, -0.25) is 33.3 Å². The summed E-state index contributed by atoms with van der Waals surface area (Å²) in [4.78, 5) is 71.7. The molecule has 10 atom stereocenters. The van der Waals surface area contributed by atoms with Crippen molar-refractivity contribution in [2.45, 2.75) is 178 Å². The summed E-state index contributed by atoms with van der Waals surface area (Å²) in [5, 5.41) is 57.9. The van der Waals surface area contributed by atoms with E-state index in [2.05, 4.69) is 36.1 Å². The quantitative estimate of drug-likeness (QED) is 0.0237. The molecular formula is C57H106N6O26S. The minimum atomic E-state index is -4.83. The molecule has 2 heterocycles. The molecule has 0 bridgehead atoms. The van der Waals surface area contributed by atoms with Gasteiger partial charge in [-0.05, 0) is 44.9 Å². The Morgan fingerprint density at radius 3 is 1.13 bits per heavy atom. The van der Waals surface area contributed by atoms with Crippen molar-refractivity contribution in [2.75, 3.05) is 152 Å². The number of nitrogens with one attached hydrogen (secondary N) is 6. The normalized spacial score (nSPS) is 21.8. The van der Waals surface area contributed by atoms with Crippen LogP contribution in [0.3, 0.4) is 0 Å². The molecule has 0 aromatic rings. The third kappa shape index (κ3) is 42.3. The second-order valence-corrected chi connectivity index (χ2v) is 22.3. The summed E-state index contributed by atoms with van der Waals surface area (Å²) < 4.78 is 102. The smallest absolute Gasteiger partial charge is 0.388 e.